The molecule has 0 radical (unpaired) electrons. The lowest BCUT2D eigenvalue weighted by Crippen LogP contribution is -2.33. The number of hydrogen-bond donors (Lipinski definition) is 1. The second-order valence-corrected chi connectivity index (χ2v) is 7.08. The fraction of sp³-hybridized carbons (Fsp3) is 0.308. The van der Waals surface area contributed by atoms with Crippen molar-refractivity contribution in [3.8, 4) is 0 Å². The number of hydrogen-bond acceptors (Lipinski definition) is 3. The number of amides is 1. The normalized spacial score (nSPS) is 11.4. The molecule has 1 aromatic rings. The number of halogens is 2. The Bertz CT molecular complexity index is 632. The summed E-state index contributed by atoms with van der Waals surface area (Å²) in [5, 5.41) is 3.18. The highest BCUT2D eigenvalue weighted by molar-refractivity contribution is 7.88. The molecule has 0 fully saturated rings. The molecule has 0 aliphatic heterocycles. The van der Waals surface area contributed by atoms with Crippen LogP contribution in [-0.2, 0) is 14.8 Å². The molecule has 0 atom stereocenters. The largest absolute Gasteiger partial charge is 0.325 e. The maximum absolute atomic E-state index is 11.9. The molecule has 0 unspecified atom stereocenters. The standard InChI is InChI=1S/C13H16Cl2N2O3S/c1-3-8-17(21(2,19)20)9-7-12(18)16-11-6-4-5-10(14)13(11)15/h3-6H,1,7-9H2,2H3,(H,16,18). The lowest BCUT2D eigenvalue weighted by Gasteiger charge is -2.17. The SMILES string of the molecule is C=CCN(CCC(=O)Nc1cccc(Cl)c1Cl)S(C)(=O)=O. The molecule has 21 heavy (non-hydrogen) atoms. The summed E-state index contributed by atoms with van der Waals surface area (Å²) in [6, 6.07) is 4.88. The minimum Gasteiger partial charge on any atom is -0.325 e. The third-order valence-corrected chi connectivity index (χ3v) is 4.70. The lowest BCUT2D eigenvalue weighted by molar-refractivity contribution is -0.116. The smallest absolute Gasteiger partial charge is 0.225 e. The molecule has 0 spiro atoms. The van der Waals surface area contributed by atoms with Crippen LogP contribution in [-0.4, -0.2) is 38.0 Å². The third-order valence-electron chi connectivity index (χ3n) is 2.62. The van der Waals surface area contributed by atoms with Gasteiger partial charge in [0.25, 0.3) is 0 Å². The number of benzene rings is 1. The van der Waals surface area contributed by atoms with Gasteiger partial charge in [0.1, 0.15) is 0 Å². The molecule has 0 heterocycles. The van der Waals surface area contributed by atoms with E-state index in [1.165, 1.54) is 10.4 Å². The van der Waals surface area contributed by atoms with E-state index in [-0.39, 0.29) is 30.4 Å². The summed E-state index contributed by atoms with van der Waals surface area (Å²) < 4.78 is 24.2. The van der Waals surface area contributed by atoms with Crippen molar-refractivity contribution in [2.45, 2.75) is 6.42 Å². The molecule has 0 aliphatic rings. The zero-order valence-corrected chi connectivity index (χ0v) is 13.8. The molecule has 0 bridgehead atoms. The van der Waals surface area contributed by atoms with Crippen LogP contribution < -0.4 is 5.32 Å². The minimum atomic E-state index is -3.38. The van der Waals surface area contributed by atoms with E-state index in [0.717, 1.165) is 6.26 Å². The lowest BCUT2D eigenvalue weighted by atomic mass is 10.3. The molecule has 0 saturated heterocycles. The predicted molar refractivity (Wildman–Crippen MR) is 86.3 cm³/mol. The summed E-state index contributed by atoms with van der Waals surface area (Å²) in [7, 11) is -3.38. The molecule has 5 nitrogen and oxygen atoms in total. The average Bonchev–Trinajstić information content (AvgIpc) is 2.38. The summed E-state index contributed by atoms with van der Waals surface area (Å²) in [6.07, 6.45) is 2.55. The summed E-state index contributed by atoms with van der Waals surface area (Å²) in [5.74, 6) is -0.350. The monoisotopic (exact) mass is 350 g/mol. The summed E-state index contributed by atoms with van der Waals surface area (Å²) in [6.45, 7) is 3.71. The van der Waals surface area contributed by atoms with Crippen LogP contribution in [0.15, 0.2) is 30.9 Å². The molecule has 0 aliphatic carbocycles. The number of sulfonamides is 1. The molecular weight excluding hydrogens is 335 g/mol. The first-order valence-electron chi connectivity index (χ1n) is 6.05. The van der Waals surface area contributed by atoms with E-state index < -0.39 is 10.0 Å². The van der Waals surface area contributed by atoms with Gasteiger partial charge >= 0.3 is 0 Å². The van der Waals surface area contributed by atoms with E-state index in [1.807, 2.05) is 0 Å². The summed E-state index contributed by atoms with van der Waals surface area (Å²) in [5.41, 5.74) is 0.392. The van der Waals surface area contributed by atoms with Gasteiger partial charge in [-0.2, -0.15) is 4.31 Å². The molecule has 0 saturated carbocycles. The van der Waals surface area contributed by atoms with Gasteiger partial charge in [-0.1, -0.05) is 35.3 Å². The summed E-state index contributed by atoms with van der Waals surface area (Å²) in [4.78, 5) is 11.9. The van der Waals surface area contributed by atoms with Crippen molar-refractivity contribution >= 4 is 44.8 Å². The van der Waals surface area contributed by atoms with E-state index in [2.05, 4.69) is 11.9 Å². The Balaban J connectivity index is 2.65. The van der Waals surface area contributed by atoms with Crippen molar-refractivity contribution in [1.82, 2.24) is 4.31 Å². The Labute approximate surface area is 134 Å². The van der Waals surface area contributed by atoms with Crippen LogP contribution in [0.1, 0.15) is 6.42 Å². The van der Waals surface area contributed by atoms with Crippen molar-refractivity contribution in [2.24, 2.45) is 0 Å². The first-order chi connectivity index (χ1) is 9.75. The minimum absolute atomic E-state index is 0.00372. The second kappa shape index (κ2) is 7.79. The highest BCUT2D eigenvalue weighted by Crippen LogP contribution is 2.29. The first kappa shape index (κ1) is 18.0. The van der Waals surface area contributed by atoms with Gasteiger partial charge in [0, 0.05) is 19.5 Å². The van der Waals surface area contributed by atoms with Crippen LogP contribution in [0, 0.1) is 0 Å². The number of carbonyl (C=O) groups is 1. The Morgan fingerprint density at radius 3 is 2.67 bits per heavy atom. The van der Waals surface area contributed by atoms with Crippen molar-refractivity contribution in [3.63, 3.8) is 0 Å². The van der Waals surface area contributed by atoms with Gasteiger partial charge in [-0.15, -0.1) is 6.58 Å². The van der Waals surface area contributed by atoms with Gasteiger partial charge in [-0.25, -0.2) is 8.42 Å². The number of nitrogens with one attached hydrogen (secondary N) is 1. The van der Waals surface area contributed by atoms with Crippen molar-refractivity contribution in [3.05, 3.63) is 40.9 Å². The third kappa shape index (κ3) is 5.67. The maximum atomic E-state index is 11.9. The quantitative estimate of drug-likeness (QED) is 0.768. The number of nitrogens with zero attached hydrogens (tertiary/aromatic N) is 1. The van der Waals surface area contributed by atoms with Gasteiger partial charge in [0.05, 0.1) is 22.0 Å². The Hall–Kier alpha value is -1.08. The number of rotatable bonds is 7. The van der Waals surface area contributed by atoms with Crippen LogP contribution in [0.3, 0.4) is 0 Å². The Kier molecular flexibility index (Phi) is 6.67. The fourth-order valence-electron chi connectivity index (χ4n) is 1.58. The van der Waals surface area contributed by atoms with Gasteiger partial charge < -0.3 is 5.32 Å². The highest BCUT2D eigenvalue weighted by Gasteiger charge is 2.16. The Morgan fingerprint density at radius 2 is 2.10 bits per heavy atom. The van der Waals surface area contributed by atoms with E-state index >= 15 is 0 Å². The predicted octanol–water partition coefficient (Wildman–Crippen LogP) is 2.77. The van der Waals surface area contributed by atoms with Crippen molar-refractivity contribution in [1.29, 1.82) is 0 Å². The fourth-order valence-corrected chi connectivity index (χ4v) is 2.72. The molecule has 1 N–H and O–H groups in total. The van der Waals surface area contributed by atoms with Crippen molar-refractivity contribution < 1.29 is 13.2 Å². The average molecular weight is 351 g/mol. The first-order valence-corrected chi connectivity index (χ1v) is 8.66. The van der Waals surface area contributed by atoms with Crippen LogP contribution in [0.4, 0.5) is 5.69 Å². The molecular formula is C13H16Cl2N2O3S. The molecule has 116 valence electrons. The molecule has 1 aromatic carbocycles. The topological polar surface area (TPSA) is 66.5 Å². The van der Waals surface area contributed by atoms with Gasteiger partial charge in [-0.05, 0) is 12.1 Å². The van der Waals surface area contributed by atoms with Crippen LogP contribution in [0.5, 0.6) is 0 Å². The van der Waals surface area contributed by atoms with Crippen LogP contribution in [0.2, 0.25) is 10.0 Å². The Morgan fingerprint density at radius 1 is 1.43 bits per heavy atom. The highest BCUT2D eigenvalue weighted by atomic mass is 35.5. The molecule has 1 amide bonds. The maximum Gasteiger partial charge on any atom is 0.225 e. The number of anilines is 1. The zero-order valence-electron chi connectivity index (χ0n) is 11.5. The van der Waals surface area contributed by atoms with Gasteiger partial charge in [0.2, 0.25) is 15.9 Å². The molecule has 1 rings (SSSR count). The summed E-state index contributed by atoms with van der Waals surface area (Å²) >= 11 is 11.8. The van der Waals surface area contributed by atoms with Crippen LogP contribution >= 0.6 is 23.2 Å². The van der Waals surface area contributed by atoms with E-state index in [9.17, 15) is 13.2 Å². The van der Waals surface area contributed by atoms with E-state index in [1.54, 1.807) is 18.2 Å². The van der Waals surface area contributed by atoms with E-state index in [4.69, 9.17) is 23.2 Å². The molecule has 8 heteroatoms. The zero-order chi connectivity index (χ0) is 16.0. The van der Waals surface area contributed by atoms with Crippen molar-refractivity contribution in [2.75, 3.05) is 24.7 Å². The number of carbonyl (C=O) groups excluding carboxylic acids is 1. The van der Waals surface area contributed by atoms with E-state index in [0.29, 0.717) is 10.7 Å². The van der Waals surface area contributed by atoms with Gasteiger partial charge in [0.15, 0.2) is 0 Å². The van der Waals surface area contributed by atoms with Crippen LogP contribution in [0.25, 0.3) is 0 Å². The molecule has 0 aromatic heterocycles. The van der Waals surface area contributed by atoms with Gasteiger partial charge in [-0.3, -0.25) is 4.79 Å². The second-order valence-electron chi connectivity index (χ2n) is 4.31.